The lowest BCUT2D eigenvalue weighted by molar-refractivity contribution is -0.143. The molecule has 0 heterocycles. The Labute approximate surface area is 308 Å². The molecule has 0 aromatic carbocycles. The van der Waals surface area contributed by atoms with Gasteiger partial charge in [0.25, 0.3) is 0 Å². The molecule has 0 aliphatic rings. The number of carboxylic acids is 1. The quantitative estimate of drug-likeness (QED) is 0.0238. The third-order valence-electron chi connectivity index (χ3n) is 7.73. The molecular weight excluding hydrogens is 698 g/mol. The van der Waals surface area contributed by atoms with E-state index in [2.05, 4.69) is 36.9 Å². The first-order chi connectivity index (χ1) is 24.6. The van der Waals surface area contributed by atoms with Crippen LogP contribution in [0.5, 0.6) is 0 Å². The van der Waals surface area contributed by atoms with Crippen molar-refractivity contribution in [2.24, 2.45) is 45.7 Å². The SMILES string of the molecule is CC(C)C[C@H](NC(=O)[C@H](CCCN=C(N)N)NC(=O)CN)C(=O)N[C@@H](CO)C(=O)N[C@H](C(=O)N[C@@H](CCC(N)=O)C(=O)N[C@H](C(=O)O)C(C)C)C(C)C. The first-order valence-electron chi connectivity index (χ1n) is 17.3. The van der Waals surface area contributed by atoms with E-state index in [1.165, 1.54) is 0 Å². The summed E-state index contributed by atoms with van der Waals surface area (Å²) in [6, 6.07) is -8.00. The van der Waals surface area contributed by atoms with Gasteiger partial charge in [-0.1, -0.05) is 41.5 Å². The van der Waals surface area contributed by atoms with Gasteiger partial charge >= 0.3 is 5.97 Å². The van der Waals surface area contributed by atoms with E-state index >= 15 is 0 Å². The Morgan fingerprint density at radius 1 is 0.623 bits per heavy atom. The minimum Gasteiger partial charge on any atom is -0.480 e. The fourth-order valence-corrected chi connectivity index (χ4v) is 4.84. The molecule has 0 aliphatic carbocycles. The molecule has 0 radical (unpaired) electrons. The lowest BCUT2D eigenvalue weighted by Crippen LogP contribution is -2.61. The van der Waals surface area contributed by atoms with Crippen molar-refractivity contribution < 1.29 is 48.6 Å². The zero-order chi connectivity index (χ0) is 41.0. The fraction of sp³-hybridized carbons (Fsp3) is 0.719. The summed E-state index contributed by atoms with van der Waals surface area (Å²) < 4.78 is 0. The Kier molecular flexibility index (Phi) is 21.9. The molecule has 0 aliphatic heterocycles. The molecule has 0 fully saturated rings. The lowest BCUT2D eigenvalue weighted by Gasteiger charge is -2.28. The number of carbonyl (C=O) groups is 8. The molecule has 0 rings (SSSR count). The van der Waals surface area contributed by atoms with Crippen molar-refractivity contribution in [1.29, 1.82) is 0 Å². The van der Waals surface area contributed by atoms with Crippen LogP contribution in [0.4, 0.5) is 0 Å². The standard InChI is InChI=1S/C32H59N11O10/c1-15(2)12-20(40-26(47)18(38-23(46)13-33)8-7-11-37-32(35)36)28(49)41-21(14-44)29(50)42-24(16(3)4)30(51)39-19(9-10-22(34)45)27(48)43-25(17(5)6)31(52)53/h15-21,24-25,44H,7-14,33H2,1-6H3,(H2,34,45)(H,38,46)(H,39,51)(H,40,47)(H,41,49)(H,42,50)(H,43,48)(H,52,53)(H4,35,36,37)/t18-,19-,20-,21-,24-,25-/m0/s1. The summed E-state index contributed by atoms with van der Waals surface area (Å²) in [5.74, 6) is -8.50. The molecule has 0 aromatic heterocycles. The molecule has 6 atom stereocenters. The summed E-state index contributed by atoms with van der Waals surface area (Å²) in [6.45, 7) is 8.66. The number of aliphatic imine (C=N–C) groups is 1. The number of hydrogen-bond donors (Lipinski definition) is 12. The molecule has 0 saturated heterocycles. The summed E-state index contributed by atoms with van der Waals surface area (Å²) in [7, 11) is 0. The van der Waals surface area contributed by atoms with Crippen molar-refractivity contribution in [3.8, 4) is 0 Å². The molecule has 21 heteroatoms. The number of rotatable bonds is 25. The predicted molar refractivity (Wildman–Crippen MR) is 193 cm³/mol. The van der Waals surface area contributed by atoms with E-state index < -0.39 is 109 Å². The van der Waals surface area contributed by atoms with Crippen molar-refractivity contribution in [3.63, 3.8) is 0 Å². The molecule has 302 valence electrons. The Morgan fingerprint density at radius 3 is 1.57 bits per heavy atom. The molecule has 0 saturated carbocycles. The second kappa shape index (κ2) is 24.2. The molecule has 0 bridgehead atoms. The second-order valence-corrected chi connectivity index (χ2v) is 13.6. The lowest BCUT2D eigenvalue weighted by atomic mass is 10.00. The van der Waals surface area contributed by atoms with Gasteiger partial charge in [-0.2, -0.15) is 0 Å². The zero-order valence-electron chi connectivity index (χ0n) is 31.3. The maximum Gasteiger partial charge on any atom is 0.326 e. The number of aliphatic hydroxyl groups excluding tert-OH is 1. The van der Waals surface area contributed by atoms with E-state index in [1.54, 1.807) is 41.5 Å². The Balaban J connectivity index is 6.02. The van der Waals surface area contributed by atoms with Crippen LogP contribution in [-0.2, 0) is 38.4 Å². The van der Waals surface area contributed by atoms with E-state index in [4.69, 9.17) is 22.9 Å². The summed E-state index contributed by atoms with van der Waals surface area (Å²) in [5.41, 5.74) is 21.3. The molecule has 7 amide bonds. The van der Waals surface area contributed by atoms with Crippen molar-refractivity contribution in [2.45, 2.75) is 110 Å². The average molecular weight is 758 g/mol. The first-order valence-corrected chi connectivity index (χ1v) is 17.3. The number of carbonyl (C=O) groups excluding carboxylic acids is 7. The average Bonchev–Trinajstić information content (AvgIpc) is 3.06. The molecule has 53 heavy (non-hydrogen) atoms. The number of aliphatic carboxylic acids is 1. The third kappa shape index (κ3) is 18.8. The Morgan fingerprint density at radius 2 is 1.09 bits per heavy atom. The van der Waals surface area contributed by atoms with Crippen LogP contribution in [0.25, 0.3) is 0 Å². The summed E-state index contributed by atoms with van der Waals surface area (Å²) in [4.78, 5) is 105. The van der Waals surface area contributed by atoms with Crippen LogP contribution < -0.4 is 54.8 Å². The monoisotopic (exact) mass is 757 g/mol. The summed E-state index contributed by atoms with van der Waals surface area (Å²) in [6.07, 6.45) is -0.138. The third-order valence-corrected chi connectivity index (χ3v) is 7.73. The van der Waals surface area contributed by atoms with Gasteiger partial charge in [0.05, 0.1) is 13.2 Å². The zero-order valence-corrected chi connectivity index (χ0v) is 31.3. The number of carboxylic acid groups (broad SMARTS) is 1. The maximum atomic E-state index is 13.4. The van der Waals surface area contributed by atoms with Gasteiger partial charge in [0.15, 0.2) is 5.96 Å². The maximum absolute atomic E-state index is 13.4. The highest BCUT2D eigenvalue weighted by atomic mass is 16.4. The molecule has 16 N–H and O–H groups in total. The van der Waals surface area contributed by atoms with E-state index in [-0.39, 0.29) is 50.5 Å². The molecule has 21 nitrogen and oxygen atoms in total. The molecular formula is C32H59N11O10. The molecule has 0 spiro atoms. The van der Waals surface area contributed by atoms with Crippen molar-refractivity contribution in [1.82, 2.24) is 31.9 Å². The van der Waals surface area contributed by atoms with Crippen LogP contribution in [0.1, 0.15) is 73.6 Å². The van der Waals surface area contributed by atoms with Gasteiger partial charge in [-0.3, -0.25) is 38.6 Å². The van der Waals surface area contributed by atoms with Crippen LogP contribution in [0.15, 0.2) is 4.99 Å². The number of nitrogens with one attached hydrogen (secondary N) is 6. The number of guanidine groups is 1. The predicted octanol–water partition coefficient (Wildman–Crippen LogP) is -4.39. The van der Waals surface area contributed by atoms with Crippen molar-refractivity contribution in [2.75, 3.05) is 19.7 Å². The fourth-order valence-electron chi connectivity index (χ4n) is 4.84. The van der Waals surface area contributed by atoms with E-state index in [0.29, 0.717) is 0 Å². The Bertz CT molecular complexity index is 1300. The van der Waals surface area contributed by atoms with Gasteiger partial charge < -0.3 is 65.0 Å². The largest absolute Gasteiger partial charge is 0.480 e. The van der Waals surface area contributed by atoms with Gasteiger partial charge in [0.1, 0.15) is 36.3 Å². The van der Waals surface area contributed by atoms with Crippen LogP contribution in [-0.4, -0.2) is 119 Å². The minimum atomic E-state index is -1.60. The van der Waals surface area contributed by atoms with Crippen LogP contribution >= 0.6 is 0 Å². The highest BCUT2D eigenvalue weighted by Crippen LogP contribution is 2.10. The smallest absolute Gasteiger partial charge is 0.326 e. The van der Waals surface area contributed by atoms with Crippen LogP contribution in [0.3, 0.4) is 0 Å². The van der Waals surface area contributed by atoms with Gasteiger partial charge in [-0.15, -0.1) is 0 Å². The summed E-state index contributed by atoms with van der Waals surface area (Å²) >= 11 is 0. The van der Waals surface area contributed by atoms with Gasteiger partial charge in [-0.25, -0.2) is 4.79 Å². The van der Waals surface area contributed by atoms with E-state index in [9.17, 15) is 48.6 Å². The highest BCUT2D eigenvalue weighted by molar-refractivity contribution is 5.97. The highest BCUT2D eigenvalue weighted by Gasteiger charge is 2.34. The van der Waals surface area contributed by atoms with Crippen LogP contribution in [0, 0.1) is 17.8 Å². The number of hydrogen-bond acceptors (Lipinski definition) is 11. The first kappa shape index (κ1) is 47.9. The minimum absolute atomic E-state index is 0.0909. The summed E-state index contributed by atoms with van der Waals surface area (Å²) in [5, 5.41) is 34.2. The second-order valence-electron chi connectivity index (χ2n) is 13.6. The molecule has 0 aromatic rings. The number of primary amides is 1. The number of nitrogens with zero attached hydrogens (tertiary/aromatic N) is 1. The molecule has 0 unspecified atom stereocenters. The Hall–Kier alpha value is -5.05. The van der Waals surface area contributed by atoms with Gasteiger partial charge in [0, 0.05) is 13.0 Å². The van der Waals surface area contributed by atoms with Crippen molar-refractivity contribution in [3.05, 3.63) is 0 Å². The van der Waals surface area contributed by atoms with Gasteiger partial charge in [0.2, 0.25) is 41.4 Å². The van der Waals surface area contributed by atoms with Crippen LogP contribution in [0.2, 0.25) is 0 Å². The number of aliphatic hydroxyl groups is 1. The van der Waals surface area contributed by atoms with E-state index in [0.717, 1.165) is 0 Å². The number of amides is 7. The number of nitrogens with two attached hydrogens (primary N) is 4. The van der Waals surface area contributed by atoms with Crippen molar-refractivity contribution >= 4 is 53.3 Å². The normalized spacial score (nSPS) is 14.5. The van der Waals surface area contributed by atoms with Gasteiger partial charge in [-0.05, 0) is 43.4 Å². The topological polar surface area (TPSA) is 366 Å². The van der Waals surface area contributed by atoms with E-state index in [1.807, 2.05) is 0 Å².